The lowest BCUT2D eigenvalue weighted by atomic mass is 10.2. The van der Waals surface area contributed by atoms with Crippen molar-refractivity contribution in [2.45, 2.75) is 13.8 Å². The average molecular weight is 285 g/mol. The van der Waals surface area contributed by atoms with Gasteiger partial charge in [0.15, 0.2) is 0 Å². The normalized spacial score (nSPS) is 10.6. The second kappa shape index (κ2) is 6.51. The number of anilines is 1. The molecule has 0 saturated heterocycles. The van der Waals surface area contributed by atoms with Gasteiger partial charge in [-0.05, 0) is 43.3 Å². The van der Waals surface area contributed by atoms with E-state index in [0.29, 0.717) is 17.0 Å². The van der Waals surface area contributed by atoms with Crippen LogP contribution in [0.25, 0.3) is 0 Å². The monoisotopic (exact) mass is 285 g/mol. The molecule has 6 nitrogen and oxygen atoms in total. The van der Waals surface area contributed by atoms with Crippen LogP contribution in [-0.2, 0) is 4.79 Å². The molecule has 108 valence electrons. The van der Waals surface area contributed by atoms with Crippen molar-refractivity contribution >= 4 is 23.7 Å². The molecule has 0 radical (unpaired) electrons. The van der Waals surface area contributed by atoms with Crippen molar-refractivity contribution in [3.63, 3.8) is 0 Å². The van der Waals surface area contributed by atoms with Crippen LogP contribution in [-0.4, -0.2) is 18.0 Å². The van der Waals surface area contributed by atoms with Gasteiger partial charge in [0.2, 0.25) is 5.91 Å². The standard InChI is InChI=1S/C15H15N3O3/c1-10-3-8-14(21-10)9-16-18-15(20)12-4-6-13(7-5-12)17-11(2)19/h3-9H,1-2H3,(H,17,19)(H,18,20)/b16-9+. The van der Waals surface area contributed by atoms with E-state index in [1.807, 2.05) is 13.0 Å². The van der Waals surface area contributed by atoms with Gasteiger partial charge in [-0.25, -0.2) is 5.43 Å². The fourth-order valence-electron chi connectivity index (χ4n) is 1.65. The number of nitrogens with zero attached hydrogens (tertiary/aromatic N) is 1. The molecule has 2 N–H and O–H groups in total. The molecule has 0 aliphatic carbocycles. The van der Waals surface area contributed by atoms with E-state index in [0.717, 1.165) is 5.76 Å². The zero-order valence-corrected chi connectivity index (χ0v) is 11.7. The molecule has 0 unspecified atom stereocenters. The minimum Gasteiger partial charge on any atom is -0.460 e. The average Bonchev–Trinajstić information content (AvgIpc) is 2.84. The number of hydrogen-bond donors (Lipinski definition) is 2. The van der Waals surface area contributed by atoms with Gasteiger partial charge in [-0.1, -0.05) is 0 Å². The molecule has 0 aliphatic rings. The third-order valence-electron chi connectivity index (χ3n) is 2.59. The van der Waals surface area contributed by atoms with Gasteiger partial charge in [0.05, 0.1) is 6.21 Å². The Kier molecular flexibility index (Phi) is 4.50. The Morgan fingerprint density at radius 2 is 1.86 bits per heavy atom. The van der Waals surface area contributed by atoms with Gasteiger partial charge in [0.25, 0.3) is 5.91 Å². The van der Waals surface area contributed by atoms with Gasteiger partial charge >= 0.3 is 0 Å². The van der Waals surface area contributed by atoms with E-state index in [1.54, 1.807) is 30.3 Å². The summed E-state index contributed by atoms with van der Waals surface area (Å²) in [5, 5.41) is 6.44. The molecule has 0 fully saturated rings. The maximum atomic E-state index is 11.8. The summed E-state index contributed by atoms with van der Waals surface area (Å²) >= 11 is 0. The van der Waals surface area contributed by atoms with E-state index in [2.05, 4.69) is 15.8 Å². The number of hydrogen-bond acceptors (Lipinski definition) is 4. The highest BCUT2D eigenvalue weighted by molar-refractivity contribution is 5.95. The Morgan fingerprint density at radius 1 is 1.14 bits per heavy atom. The van der Waals surface area contributed by atoms with Gasteiger partial charge < -0.3 is 9.73 Å². The lowest BCUT2D eigenvalue weighted by molar-refractivity contribution is -0.114. The first kappa shape index (κ1) is 14.5. The third-order valence-corrected chi connectivity index (χ3v) is 2.59. The first-order valence-electron chi connectivity index (χ1n) is 6.32. The summed E-state index contributed by atoms with van der Waals surface area (Å²) in [5.41, 5.74) is 3.47. The fraction of sp³-hybridized carbons (Fsp3) is 0.133. The van der Waals surface area contributed by atoms with Crippen LogP contribution < -0.4 is 10.7 Å². The lowest BCUT2D eigenvalue weighted by Gasteiger charge is -2.03. The van der Waals surface area contributed by atoms with Crippen LogP contribution in [0, 0.1) is 6.92 Å². The molecule has 0 aliphatic heterocycles. The molecule has 0 atom stereocenters. The van der Waals surface area contributed by atoms with Crippen LogP contribution in [0.3, 0.4) is 0 Å². The van der Waals surface area contributed by atoms with E-state index in [9.17, 15) is 9.59 Å². The highest BCUT2D eigenvalue weighted by Crippen LogP contribution is 2.09. The highest BCUT2D eigenvalue weighted by atomic mass is 16.3. The molecule has 6 heteroatoms. The van der Waals surface area contributed by atoms with E-state index >= 15 is 0 Å². The summed E-state index contributed by atoms with van der Waals surface area (Å²) in [6.07, 6.45) is 1.43. The number of aryl methyl sites for hydroxylation is 1. The Labute approximate surface area is 121 Å². The van der Waals surface area contributed by atoms with Crippen molar-refractivity contribution in [2.24, 2.45) is 5.10 Å². The maximum absolute atomic E-state index is 11.8. The number of rotatable bonds is 4. The van der Waals surface area contributed by atoms with Gasteiger partial charge in [-0.15, -0.1) is 0 Å². The summed E-state index contributed by atoms with van der Waals surface area (Å²) in [4.78, 5) is 22.7. The molecule has 21 heavy (non-hydrogen) atoms. The lowest BCUT2D eigenvalue weighted by Crippen LogP contribution is -2.17. The number of carbonyl (C=O) groups excluding carboxylic acids is 2. The molecule has 0 saturated carbocycles. The first-order valence-corrected chi connectivity index (χ1v) is 6.32. The molecular weight excluding hydrogens is 270 g/mol. The Bertz CT molecular complexity index is 672. The van der Waals surface area contributed by atoms with Gasteiger partial charge in [-0.2, -0.15) is 5.10 Å². The summed E-state index contributed by atoms with van der Waals surface area (Å²) in [6, 6.07) is 10.1. The second-order valence-corrected chi connectivity index (χ2v) is 4.41. The predicted molar refractivity (Wildman–Crippen MR) is 79.3 cm³/mol. The zero-order chi connectivity index (χ0) is 15.2. The Hall–Kier alpha value is -2.89. The van der Waals surface area contributed by atoms with Crippen molar-refractivity contribution in [3.05, 3.63) is 53.5 Å². The van der Waals surface area contributed by atoms with Crippen LogP contribution in [0.2, 0.25) is 0 Å². The van der Waals surface area contributed by atoms with E-state index < -0.39 is 0 Å². The van der Waals surface area contributed by atoms with E-state index in [-0.39, 0.29) is 11.8 Å². The van der Waals surface area contributed by atoms with Crippen LogP contribution in [0.1, 0.15) is 28.8 Å². The number of carbonyl (C=O) groups is 2. The third kappa shape index (κ3) is 4.31. The van der Waals surface area contributed by atoms with Crippen molar-refractivity contribution in [1.82, 2.24) is 5.43 Å². The maximum Gasteiger partial charge on any atom is 0.271 e. The highest BCUT2D eigenvalue weighted by Gasteiger charge is 2.04. The Morgan fingerprint density at radius 3 is 2.43 bits per heavy atom. The molecule has 1 aromatic heterocycles. The molecule has 0 bridgehead atoms. The molecule has 1 heterocycles. The number of benzene rings is 1. The number of furan rings is 1. The topological polar surface area (TPSA) is 83.7 Å². The van der Waals surface area contributed by atoms with Gasteiger partial charge in [-0.3, -0.25) is 9.59 Å². The minimum absolute atomic E-state index is 0.162. The Balaban J connectivity index is 1.94. The summed E-state index contributed by atoms with van der Waals surface area (Å²) in [5.74, 6) is 0.833. The van der Waals surface area contributed by atoms with Crippen LogP contribution in [0.15, 0.2) is 45.9 Å². The van der Waals surface area contributed by atoms with E-state index in [4.69, 9.17) is 4.42 Å². The summed E-state index contributed by atoms with van der Waals surface area (Å²) in [6.45, 7) is 3.25. The van der Waals surface area contributed by atoms with Crippen LogP contribution >= 0.6 is 0 Å². The predicted octanol–water partition coefficient (Wildman–Crippen LogP) is 2.31. The second-order valence-electron chi connectivity index (χ2n) is 4.41. The smallest absolute Gasteiger partial charge is 0.271 e. The SMILES string of the molecule is CC(=O)Nc1ccc(C(=O)N/N=C/c2ccc(C)o2)cc1. The number of hydrazone groups is 1. The van der Waals surface area contributed by atoms with Gasteiger partial charge in [0.1, 0.15) is 11.5 Å². The van der Waals surface area contributed by atoms with Crippen LogP contribution in [0.4, 0.5) is 5.69 Å². The van der Waals surface area contributed by atoms with Gasteiger partial charge in [0, 0.05) is 18.2 Å². The van der Waals surface area contributed by atoms with Crippen molar-refractivity contribution in [3.8, 4) is 0 Å². The molecule has 2 amide bonds. The number of amides is 2. The zero-order valence-electron chi connectivity index (χ0n) is 11.7. The quantitative estimate of drug-likeness (QED) is 0.668. The molecule has 0 spiro atoms. The first-order chi connectivity index (χ1) is 10.0. The summed E-state index contributed by atoms with van der Waals surface area (Å²) in [7, 11) is 0. The van der Waals surface area contributed by atoms with Crippen molar-refractivity contribution < 1.29 is 14.0 Å². The molecular formula is C15H15N3O3. The van der Waals surface area contributed by atoms with Crippen molar-refractivity contribution in [1.29, 1.82) is 0 Å². The molecule has 2 rings (SSSR count). The minimum atomic E-state index is -0.344. The van der Waals surface area contributed by atoms with Crippen molar-refractivity contribution in [2.75, 3.05) is 5.32 Å². The molecule has 1 aromatic carbocycles. The summed E-state index contributed by atoms with van der Waals surface area (Å²) < 4.78 is 5.28. The van der Waals surface area contributed by atoms with E-state index in [1.165, 1.54) is 13.1 Å². The molecule has 2 aromatic rings. The number of nitrogens with one attached hydrogen (secondary N) is 2. The fourth-order valence-corrected chi connectivity index (χ4v) is 1.65. The van der Waals surface area contributed by atoms with Crippen LogP contribution in [0.5, 0.6) is 0 Å². The largest absolute Gasteiger partial charge is 0.460 e.